The number of anilines is 1. The topological polar surface area (TPSA) is 59.6 Å². The number of nitrogens with one attached hydrogen (secondary N) is 2. The van der Waals surface area contributed by atoms with E-state index in [9.17, 15) is 18.0 Å². The summed E-state index contributed by atoms with van der Waals surface area (Å²) in [6.45, 7) is 2.27. The Labute approximate surface area is 149 Å². The van der Waals surface area contributed by atoms with Crippen LogP contribution in [0, 0.1) is 6.92 Å². The van der Waals surface area contributed by atoms with E-state index in [4.69, 9.17) is 9.47 Å². The van der Waals surface area contributed by atoms with Gasteiger partial charge in [0.15, 0.2) is 11.5 Å². The standard InChI is InChI=1S/C18H19F3N2O3/c1-12-6-7-15(16(10-12)25-2)26-9-8-22-17(24)23-14-5-3-4-13(11-14)18(19,20)21/h3-7,10-11H,8-9H2,1-2H3,(H2,22,23,24). The van der Waals surface area contributed by atoms with Crippen LogP contribution in [0.5, 0.6) is 11.5 Å². The summed E-state index contributed by atoms with van der Waals surface area (Å²) in [6.07, 6.45) is -4.46. The number of benzene rings is 2. The first kappa shape index (κ1) is 19.4. The Balaban J connectivity index is 1.81. The van der Waals surface area contributed by atoms with Crippen LogP contribution < -0.4 is 20.1 Å². The fourth-order valence-corrected chi connectivity index (χ4v) is 2.17. The van der Waals surface area contributed by atoms with Gasteiger partial charge in [0.25, 0.3) is 0 Å². The van der Waals surface area contributed by atoms with Crippen molar-refractivity contribution < 1.29 is 27.4 Å². The third kappa shape index (κ3) is 5.58. The Bertz CT molecular complexity index is 764. The Hall–Kier alpha value is -2.90. The first-order chi connectivity index (χ1) is 12.3. The van der Waals surface area contributed by atoms with Gasteiger partial charge in [0.1, 0.15) is 6.61 Å². The van der Waals surface area contributed by atoms with Crippen molar-refractivity contribution in [1.82, 2.24) is 5.32 Å². The number of aryl methyl sites for hydroxylation is 1. The Morgan fingerprint density at radius 1 is 1.12 bits per heavy atom. The first-order valence-corrected chi connectivity index (χ1v) is 7.79. The first-order valence-electron chi connectivity index (χ1n) is 7.79. The highest BCUT2D eigenvalue weighted by atomic mass is 19.4. The lowest BCUT2D eigenvalue weighted by Gasteiger charge is -2.13. The molecule has 0 aliphatic rings. The van der Waals surface area contributed by atoms with Crippen molar-refractivity contribution in [3.8, 4) is 11.5 Å². The van der Waals surface area contributed by atoms with Crippen LogP contribution in [0.2, 0.25) is 0 Å². The summed E-state index contributed by atoms with van der Waals surface area (Å²) in [5.41, 5.74) is 0.247. The number of amides is 2. The van der Waals surface area contributed by atoms with E-state index in [1.807, 2.05) is 19.1 Å². The van der Waals surface area contributed by atoms with Gasteiger partial charge >= 0.3 is 12.2 Å². The van der Waals surface area contributed by atoms with Gasteiger partial charge in [0.05, 0.1) is 19.2 Å². The molecule has 0 atom stereocenters. The van der Waals surface area contributed by atoms with Crippen molar-refractivity contribution in [2.24, 2.45) is 0 Å². The molecule has 0 fully saturated rings. The minimum absolute atomic E-state index is 0.0541. The molecule has 0 saturated heterocycles. The summed E-state index contributed by atoms with van der Waals surface area (Å²) in [7, 11) is 1.53. The summed E-state index contributed by atoms with van der Waals surface area (Å²) in [5.74, 6) is 1.12. The zero-order valence-electron chi connectivity index (χ0n) is 14.3. The van der Waals surface area contributed by atoms with E-state index in [-0.39, 0.29) is 18.8 Å². The molecule has 0 spiro atoms. The molecule has 0 bridgehead atoms. The molecule has 2 rings (SSSR count). The molecule has 140 valence electrons. The van der Waals surface area contributed by atoms with Gasteiger partial charge in [-0.3, -0.25) is 0 Å². The maximum absolute atomic E-state index is 12.6. The Morgan fingerprint density at radius 3 is 2.58 bits per heavy atom. The van der Waals surface area contributed by atoms with Crippen LogP contribution in [0.15, 0.2) is 42.5 Å². The molecule has 0 radical (unpaired) electrons. The van der Waals surface area contributed by atoms with Crippen molar-refractivity contribution in [2.75, 3.05) is 25.6 Å². The molecule has 0 aliphatic heterocycles. The van der Waals surface area contributed by atoms with Crippen LogP contribution in [-0.2, 0) is 6.18 Å². The third-order valence-corrected chi connectivity index (χ3v) is 3.41. The Morgan fingerprint density at radius 2 is 1.88 bits per heavy atom. The van der Waals surface area contributed by atoms with Gasteiger partial charge in [-0.05, 0) is 42.8 Å². The molecule has 2 N–H and O–H groups in total. The Kier molecular flexibility index (Phi) is 6.32. The molecule has 0 aromatic heterocycles. The number of rotatable bonds is 6. The summed E-state index contributed by atoms with van der Waals surface area (Å²) in [6, 6.07) is 9.24. The third-order valence-electron chi connectivity index (χ3n) is 3.41. The summed E-state index contributed by atoms with van der Waals surface area (Å²) < 4.78 is 48.7. The minimum Gasteiger partial charge on any atom is -0.493 e. The summed E-state index contributed by atoms with van der Waals surface area (Å²) >= 11 is 0. The predicted octanol–water partition coefficient (Wildman–Crippen LogP) is 4.22. The molecule has 0 unspecified atom stereocenters. The lowest BCUT2D eigenvalue weighted by molar-refractivity contribution is -0.137. The zero-order chi connectivity index (χ0) is 19.2. The minimum atomic E-state index is -4.46. The lowest BCUT2D eigenvalue weighted by atomic mass is 10.2. The molecule has 8 heteroatoms. The van der Waals surface area contributed by atoms with Crippen LogP contribution >= 0.6 is 0 Å². The van der Waals surface area contributed by atoms with E-state index in [0.717, 1.165) is 17.7 Å². The molecular formula is C18H19F3N2O3. The van der Waals surface area contributed by atoms with Crippen LogP contribution in [0.1, 0.15) is 11.1 Å². The fourth-order valence-electron chi connectivity index (χ4n) is 2.17. The van der Waals surface area contributed by atoms with Crippen LogP contribution in [-0.4, -0.2) is 26.3 Å². The second-order valence-electron chi connectivity index (χ2n) is 5.46. The number of ether oxygens (including phenoxy) is 2. The SMILES string of the molecule is COc1cc(C)ccc1OCCNC(=O)Nc1cccc(C(F)(F)F)c1. The molecule has 26 heavy (non-hydrogen) atoms. The van der Waals surface area contributed by atoms with Gasteiger partial charge in [-0.25, -0.2) is 4.79 Å². The molecule has 5 nitrogen and oxygen atoms in total. The number of alkyl halides is 3. The highest BCUT2D eigenvalue weighted by Crippen LogP contribution is 2.30. The number of methoxy groups -OCH3 is 1. The van der Waals surface area contributed by atoms with Gasteiger partial charge in [0, 0.05) is 5.69 Å². The number of urea groups is 1. The average molecular weight is 368 g/mol. The predicted molar refractivity (Wildman–Crippen MR) is 91.7 cm³/mol. The summed E-state index contributed by atoms with van der Waals surface area (Å²) in [4.78, 5) is 11.8. The smallest absolute Gasteiger partial charge is 0.416 e. The molecule has 2 amide bonds. The zero-order valence-corrected chi connectivity index (χ0v) is 14.3. The molecule has 2 aromatic rings. The van der Waals surface area contributed by atoms with Crippen molar-refractivity contribution in [3.63, 3.8) is 0 Å². The van der Waals surface area contributed by atoms with Gasteiger partial charge in [-0.1, -0.05) is 12.1 Å². The normalized spacial score (nSPS) is 11.0. The van der Waals surface area contributed by atoms with Crippen molar-refractivity contribution in [1.29, 1.82) is 0 Å². The van der Waals surface area contributed by atoms with E-state index in [1.165, 1.54) is 19.2 Å². The second-order valence-corrected chi connectivity index (χ2v) is 5.46. The number of hydrogen-bond acceptors (Lipinski definition) is 3. The quantitative estimate of drug-likeness (QED) is 0.751. The number of halogens is 3. The highest BCUT2D eigenvalue weighted by Gasteiger charge is 2.30. The number of carbonyl (C=O) groups excluding carboxylic acids is 1. The molecule has 0 heterocycles. The largest absolute Gasteiger partial charge is 0.493 e. The second kappa shape index (κ2) is 8.46. The molecule has 2 aromatic carbocycles. The van der Waals surface area contributed by atoms with E-state index in [2.05, 4.69) is 10.6 Å². The van der Waals surface area contributed by atoms with Crippen molar-refractivity contribution in [3.05, 3.63) is 53.6 Å². The van der Waals surface area contributed by atoms with E-state index >= 15 is 0 Å². The number of carbonyl (C=O) groups is 1. The van der Waals surface area contributed by atoms with Gasteiger partial charge < -0.3 is 20.1 Å². The molecule has 0 saturated carbocycles. The van der Waals surface area contributed by atoms with E-state index in [0.29, 0.717) is 11.5 Å². The van der Waals surface area contributed by atoms with Gasteiger partial charge in [-0.2, -0.15) is 13.2 Å². The molecular weight excluding hydrogens is 349 g/mol. The van der Waals surface area contributed by atoms with Crippen LogP contribution in [0.25, 0.3) is 0 Å². The van der Waals surface area contributed by atoms with Crippen molar-refractivity contribution in [2.45, 2.75) is 13.1 Å². The monoisotopic (exact) mass is 368 g/mol. The van der Waals surface area contributed by atoms with Crippen LogP contribution in [0.4, 0.5) is 23.7 Å². The number of hydrogen-bond donors (Lipinski definition) is 2. The fraction of sp³-hybridized carbons (Fsp3) is 0.278. The maximum atomic E-state index is 12.6. The maximum Gasteiger partial charge on any atom is 0.416 e. The highest BCUT2D eigenvalue weighted by molar-refractivity contribution is 5.89. The van der Waals surface area contributed by atoms with Crippen LogP contribution in [0.3, 0.4) is 0 Å². The van der Waals surface area contributed by atoms with E-state index in [1.54, 1.807) is 6.07 Å². The van der Waals surface area contributed by atoms with Gasteiger partial charge in [0.2, 0.25) is 0 Å². The van der Waals surface area contributed by atoms with E-state index < -0.39 is 17.8 Å². The van der Waals surface area contributed by atoms with Crippen molar-refractivity contribution >= 4 is 11.7 Å². The lowest BCUT2D eigenvalue weighted by Crippen LogP contribution is -2.32. The van der Waals surface area contributed by atoms with Gasteiger partial charge in [-0.15, -0.1) is 0 Å². The average Bonchev–Trinajstić information content (AvgIpc) is 2.59. The summed E-state index contributed by atoms with van der Waals surface area (Å²) in [5, 5.41) is 4.86. The molecule has 0 aliphatic carbocycles.